The number of aryl methyl sites for hydroxylation is 1. The maximum Gasteiger partial charge on any atom is 0.254 e. The van der Waals surface area contributed by atoms with E-state index in [2.05, 4.69) is 43.7 Å². The molecule has 188 valence electrons. The van der Waals surface area contributed by atoms with Crippen molar-refractivity contribution in [3.8, 4) is 22.8 Å². The summed E-state index contributed by atoms with van der Waals surface area (Å²) in [6.07, 6.45) is 14.2. The summed E-state index contributed by atoms with van der Waals surface area (Å²) in [5.74, 6) is 1.12. The van der Waals surface area contributed by atoms with Gasteiger partial charge in [0, 0.05) is 11.8 Å². The van der Waals surface area contributed by atoms with Crippen molar-refractivity contribution in [2.45, 2.75) is 20.3 Å². The first-order valence-electron chi connectivity index (χ1n) is 12.3. The summed E-state index contributed by atoms with van der Waals surface area (Å²) in [4.78, 5) is 23.9. The summed E-state index contributed by atoms with van der Waals surface area (Å²) in [5, 5.41) is 4.54. The molecule has 37 heavy (non-hydrogen) atoms. The number of amides is 1. The smallest absolute Gasteiger partial charge is 0.254 e. The summed E-state index contributed by atoms with van der Waals surface area (Å²) in [7, 11) is 0. The summed E-state index contributed by atoms with van der Waals surface area (Å²) in [6.45, 7) is 9.08. The van der Waals surface area contributed by atoms with Gasteiger partial charge in [0.05, 0.1) is 19.3 Å². The average Bonchev–Trinajstić information content (AvgIpc) is 3.41. The second-order valence-corrected chi connectivity index (χ2v) is 8.83. The molecule has 2 aliphatic rings. The van der Waals surface area contributed by atoms with Crippen molar-refractivity contribution < 1.29 is 14.3 Å². The molecular formula is C29H29N5O3. The van der Waals surface area contributed by atoms with E-state index in [1.54, 1.807) is 21.9 Å². The zero-order valence-corrected chi connectivity index (χ0v) is 21.1. The van der Waals surface area contributed by atoms with Gasteiger partial charge < -0.3 is 9.47 Å². The lowest BCUT2D eigenvalue weighted by molar-refractivity contribution is -0.125. The number of fused-ring (bicyclic) bond motifs is 1. The molecule has 1 saturated heterocycles. The predicted molar refractivity (Wildman–Crippen MR) is 144 cm³/mol. The van der Waals surface area contributed by atoms with Gasteiger partial charge in [-0.05, 0) is 36.1 Å². The number of carbonyl (C=O) groups is 1. The minimum atomic E-state index is -0.166. The highest BCUT2D eigenvalue weighted by atomic mass is 16.5. The van der Waals surface area contributed by atoms with Gasteiger partial charge in [0.2, 0.25) is 0 Å². The molecule has 0 saturated carbocycles. The molecule has 0 N–H and O–H groups in total. The number of rotatable bonds is 7. The Kier molecular flexibility index (Phi) is 7.09. The number of hydrogen-bond donors (Lipinski definition) is 0. The fourth-order valence-corrected chi connectivity index (χ4v) is 4.36. The van der Waals surface area contributed by atoms with E-state index in [4.69, 9.17) is 19.4 Å². The zero-order chi connectivity index (χ0) is 25.8. The zero-order valence-electron chi connectivity index (χ0n) is 21.1. The number of allylic oxidation sites excluding steroid dienone is 4. The van der Waals surface area contributed by atoms with Crippen molar-refractivity contribution in [2.24, 2.45) is 0 Å². The standard InChI is InChI=1S/C29H29N5O3/c1-4-6-7-10-21(5-2)23-15-25-27(37-18-23)28(33-12-13-36-19-26(33)35)32-29(31-25)34-17-24(16-30-34)22-11-8-9-20(3)14-22/h4,6-11,14-17H,1,5,12-13,18-19H2,2-3H3/b7-6-,21-10+. The van der Waals surface area contributed by atoms with Crippen LogP contribution >= 0.6 is 0 Å². The van der Waals surface area contributed by atoms with E-state index in [9.17, 15) is 4.79 Å². The van der Waals surface area contributed by atoms with Crippen molar-refractivity contribution in [1.29, 1.82) is 0 Å². The van der Waals surface area contributed by atoms with Crippen LogP contribution in [-0.2, 0) is 9.53 Å². The van der Waals surface area contributed by atoms with Crippen molar-refractivity contribution in [3.05, 3.63) is 89.9 Å². The molecule has 0 aliphatic carbocycles. The van der Waals surface area contributed by atoms with Crippen LogP contribution in [0.1, 0.15) is 24.6 Å². The second-order valence-electron chi connectivity index (χ2n) is 8.83. The fourth-order valence-electron chi connectivity index (χ4n) is 4.36. The monoisotopic (exact) mass is 495 g/mol. The summed E-state index contributed by atoms with van der Waals surface area (Å²) in [5.41, 5.74) is 5.94. The van der Waals surface area contributed by atoms with Gasteiger partial charge in [0.25, 0.3) is 11.9 Å². The van der Waals surface area contributed by atoms with Crippen LogP contribution in [0.2, 0.25) is 0 Å². The Morgan fingerprint density at radius 1 is 1.19 bits per heavy atom. The molecule has 2 aromatic heterocycles. The van der Waals surface area contributed by atoms with Gasteiger partial charge in [0.1, 0.15) is 18.9 Å². The van der Waals surface area contributed by atoms with E-state index in [0.717, 1.165) is 28.7 Å². The van der Waals surface area contributed by atoms with E-state index in [0.29, 0.717) is 43.0 Å². The number of ether oxygens (including phenoxy) is 2. The predicted octanol–water partition coefficient (Wildman–Crippen LogP) is 4.86. The van der Waals surface area contributed by atoms with E-state index in [1.807, 2.05) is 36.6 Å². The fraction of sp³-hybridized carbons (Fsp3) is 0.241. The van der Waals surface area contributed by atoms with Gasteiger partial charge in [-0.2, -0.15) is 10.1 Å². The number of benzene rings is 1. The molecule has 0 bridgehead atoms. The lowest BCUT2D eigenvalue weighted by Gasteiger charge is -2.29. The first-order valence-corrected chi connectivity index (χ1v) is 12.3. The van der Waals surface area contributed by atoms with E-state index >= 15 is 0 Å². The molecule has 3 aromatic rings. The van der Waals surface area contributed by atoms with Gasteiger partial charge in [-0.25, -0.2) is 9.67 Å². The highest BCUT2D eigenvalue weighted by molar-refractivity contribution is 5.96. The van der Waals surface area contributed by atoms with Crippen molar-refractivity contribution >= 4 is 17.8 Å². The van der Waals surface area contributed by atoms with E-state index in [1.165, 1.54) is 5.56 Å². The SMILES string of the molecule is C=C/C=C\C=C(/CC)C1=Cc2nc(-n3cc(-c4cccc(C)c4)cn3)nc(N3CCOCC3=O)c2OC1. The Balaban J connectivity index is 1.60. The third-order valence-corrected chi connectivity index (χ3v) is 6.26. The Morgan fingerprint density at radius 2 is 2.08 bits per heavy atom. The molecular weight excluding hydrogens is 466 g/mol. The van der Waals surface area contributed by atoms with Gasteiger partial charge >= 0.3 is 0 Å². The van der Waals surface area contributed by atoms with E-state index < -0.39 is 0 Å². The minimum absolute atomic E-state index is 0.00678. The Morgan fingerprint density at radius 3 is 2.86 bits per heavy atom. The van der Waals surface area contributed by atoms with Crippen LogP contribution in [0.15, 0.2) is 78.7 Å². The average molecular weight is 496 g/mol. The van der Waals surface area contributed by atoms with Crippen LogP contribution in [0.4, 0.5) is 5.82 Å². The van der Waals surface area contributed by atoms with Crippen LogP contribution in [-0.4, -0.2) is 52.0 Å². The first-order chi connectivity index (χ1) is 18.1. The molecule has 0 spiro atoms. The van der Waals surface area contributed by atoms with Gasteiger partial charge in [-0.3, -0.25) is 9.69 Å². The van der Waals surface area contributed by atoms with Crippen LogP contribution in [0, 0.1) is 6.92 Å². The lowest BCUT2D eigenvalue weighted by Crippen LogP contribution is -2.42. The summed E-state index contributed by atoms with van der Waals surface area (Å²) >= 11 is 0. The molecule has 4 heterocycles. The topological polar surface area (TPSA) is 82.4 Å². The number of morpholine rings is 1. The maximum absolute atomic E-state index is 12.7. The lowest BCUT2D eigenvalue weighted by atomic mass is 10.0. The van der Waals surface area contributed by atoms with Crippen LogP contribution in [0.5, 0.6) is 5.75 Å². The number of hydrogen-bond acceptors (Lipinski definition) is 6. The van der Waals surface area contributed by atoms with Crippen molar-refractivity contribution in [2.75, 3.05) is 31.3 Å². The highest BCUT2D eigenvalue weighted by Crippen LogP contribution is 2.37. The van der Waals surface area contributed by atoms with Gasteiger partial charge in [-0.1, -0.05) is 67.6 Å². The summed E-state index contributed by atoms with van der Waals surface area (Å²) in [6, 6.07) is 8.23. The van der Waals surface area contributed by atoms with Crippen LogP contribution in [0.3, 0.4) is 0 Å². The molecule has 8 nitrogen and oxygen atoms in total. The molecule has 1 amide bonds. The van der Waals surface area contributed by atoms with Crippen molar-refractivity contribution in [3.63, 3.8) is 0 Å². The molecule has 2 aliphatic heterocycles. The molecule has 0 radical (unpaired) electrons. The molecule has 0 atom stereocenters. The van der Waals surface area contributed by atoms with E-state index in [-0.39, 0.29) is 12.5 Å². The highest BCUT2D eigenvalue weighted by Gasteiger charge is 2.30. The molecule has 1 aromatic carbocycles. The third-order valence-electron chi connectivity index (χ3n) is 6.26. The number of aromatic nitrogens is 4. The Labute approximate surface area is 216 Å². The van der Waals surface area contributed by atoms with Crippen LogP contribution < -0.4 is 9.64 Å². The molecule has 5 rings (SSSR count). The number of carbonyl (C=O) groups excluding carboxylic acids is 1. The molecule has 0 unspecified atom stereocenters. The minimum Gasteiger partial charge on any atom is -0.483 e. The largest absolute Gasteiger partial charge is 0.483 e. The quantitative estimate of drug-likeness (QED) is 0.436. The Bertz CT molecular complexity index is 1430. The van der Waals surface area contributed by atoms with Crippen LogP contribution in [0.25, 0.3) is 23.2 Å². The molecule has 1 fully saturated rings. The van der Waals surface area contributed by atoms with Gasteiger partial charge in [-0.15, -0.1) is 0 Å². The number of nitrogens with zero attached hydrogens (tertiary/aromatic N) is 5. The second kappa shape index (κ2) is 10.8. The summed E-state index contributed by atoms with van der Waals surface area (Å²) < 4.78 is 13.2. The normalized spacial score (nSPS) is 15.9. The number of anilines is 1. The Hall–Kier alpha value is -4.30. The van der Waals surface area contributed by atoms with Gasteiger partial charge in [0.15, 0.2) is 11.6 Å². The maximum atomic E-state index is 12.7. The third kappa shape index (κ3) is 5.15. The molecule has 8 heteroatoms. The van der Waals surface area contributed by atoms with Crippen molar-refractivity contribution in [1.82, 2.24) is 19.7 Å². The first kappa shape index (κ1) is 24.4.